The summed E-state index contributed by atoms with van der Waals surface area (Å²) in [6, 6.07) is 6.45. The first kappa shape index (κ1) is 15.6. The number of hydrogen-bond donors (Lipinski definition) is 0. The van der Waals surface area contributed by atoms with E-state index in [-0.39, 0.29) is 0 Å². The smallest absolute Gasteiger partial charge is 0.226 e. The number of nitriles is 1. The van der Waals surface area contributed by atoms with Crippen LogP contribution in [0, 0.1) is 11.3 Å². The molecule has 1 saturated heterocycles. The van der Waals surface area contributed by atoms with Crippen LogP contribution in [-0.4, -0.2) is 52.2 Å². The van der Waals surface area contributed by atoms with Crippen molar-refractivity contribution in [2.75, 3.05) is 30.0 Å². The molecule has 0 aromatic carbocycles. The molecule has 2 aliphatic rings. The monoisotopic (exact) mass is 337 g/mol. The maximum absolute atomic E-state index is 9.03. The second-order valence-corrected chi connectivity index (χ2v) is 6.30. The Morgan fingerprint density at radius 1 is 1.24 bits per heavy atom. The lowest BCUT2D eigenvalue weighted by molar-refractivity contribution is 0.396. The van der Waals surface area contributed by atoms with Crippen LogP contribution < -0.4 is 14.5 Å². The van der Waals surface area contributed by atoms with E-state index in [1.54, 1.807) is 25.7 Å². The summed E-state index contributed by atoms with van der Waals surface area (Å²) in [5.74, 6) is 2.11. The third kappa shape index (κ3) is 3.18. The Labute approximate surface area is 146 Å². The lowest BCUT2D eigenvalue weighted by atomic mass is 10.2. The van der Waals surface area contributed by atoms with Gasteiger partial charge in [-0.2, -0.15) is 5.26 Å². The van der Waals surface area contributed by atoms with Gasteiger partial charge >= 0.3 is 0 Å². The molecule has 3 heterocycles. The first-order valence-corrected chi connectivity index (χ1v) is 8.41. The van der Waals surface area contributed by atoms with Crippen LogP contribution >= 0.6 is 0 Å². The van der Waals surface area contributed by atoms with E-state index in [4.69, 9.17) is 10.00 Å². The minimum absolute atomic E-state index is 0.335. The van der Waals surface area contributed by atoms with Gasteiger partial charge in [0.05, 0.1) is 7.11 Å². The number of ether oxygens (including phenoxy) is 1. The molecule has 1 saturated carbocycles. The molecule has 25 heavy (non-hydrogen) atoms. The molecule has 4 rings (SSSR count). The minimum Gasteiger partial charge on any atom is -0.481 e. The predicted molar refractivity (Wildman–Crippen MR) is 91.5 cm³/mol. The Morgan fingerprint density at radius 3 is 2.88 bits per heavy atom. The summed E-state index contributed by atoms with van der Waals surface area (Å²) in [5.41, 5.74) is 0.396. The molecule has 0 radical (unpaired) electrons. The van der Waals surface area contributed by atoms with E-state index < -0.39 is 0 Å². The van der Waals surface area contributed by atoms with Crippen LogP contribution in [0.2, 0.25) is 0 Å². The van der Waals surface area contributed by atoms with Crippen LogP contribution in [0.4, 0.5) is 11.8 Å². The summed E-state index contributed by atoms with van der Waals surface area (Å²) < 4.78 is 5.24. The molecule has 1 aliphatic heterocycles. The van der Waals surface area contributed by atoms with Gasteiger partial charge in [0.1, 0.15) is 23.9 Å². The lowest BCUT2D eigenvalue weighted by Gasteiger charge is -2.30. The third-order valence-electron chi connectivity index (χ3n) is 4.64. The van der Waals surface area contributed by atoms with Crippen molar-refractivity contribution >= 4 is 11.8 Å². The number of nitrogens with zero attached hydrogens (tertiary/aromatic N) is 7. The number of anilines is 2. The zero-order valence-electron chi connectivity index (χ0n) is 14.0. The molecule has 2 aromatic heterocycles. The normalized spacial score (nSPS) is 19.5. The molecule has 1 atom stereocenters. The van der Waals surface area contributed by atoms with Gasteiger partial charge in [-0.1, -0.05) is 0 Å². The summed E-state index contributed by atoms with van der Waals surface area (Å²) in [4.78, 5) is 21.7. The SMILES string of the molecule is COc1cc(N(C2CC2)C2CCN(c3nccc(C#N)n3)C2)ncn1. The Morgan fingerprint density at radius 2 is 2.12 bits per heavy atom. The van der Waals surface area contributed by atoms with Gasteiger partial charge in [-0.15, -0.1) is 0 Å². The van der Waals surface area contributed by atoms with Gasteiger partial charge in [-0.25, -0.2) is 19.9 Å². The highest BCUT2D eigenvalue weighted by Gasteiger charge is 2.38. The molecule has 8 heteroatoms. The van der Waals surface area contributed by atoms with Gasteiger partial charge in [0, 0.05) is 37.4 Å². The van der Waals surface area contributed by atoms with Crippen LogP contribution in [0.1, 0.15) is 25.0 Å². The summed E-state index contributed by atoms with van der Waals surface area (Å²) in [5, 5.41) is 9.03. The van der Waals surface area contributed by atoms with Gasteiger partial charge in [0.25, 0.3) is 0 Å². The van der Waals surface area contributed by atoms with Gasteiger partial charge in [0.15, 0.2) is 0 Å². The number of methoxy groups -OCH3 is 1. The number of aromatic nitrogens is 4. The van der Waals surface area contributed by atoms with E-state index in [9.17, 15) is 0 Å². The summed E-state index contributed by atoms with van der Waals surface area (Å²) in [7, 11) is 1.62. The molecule has 1 aliphatic carbocycles. The fourth-order valence-corrected chi connectivity index (χ4v) is 3.32. The van der Waals surface area contributed by atoms with Crippen molar-refractivity contribution in [2.45, 2.75) is 31.3 Å². The van der Waals surface area contributed by atoms with Crippen LogP contribution in [-0.2, 0) is 0 Å². The van der Waals surface area contributed by atoms with E-state index >= 15 is 0 Å². The van der Waals surface area contributed by atoms with Crippen LogP contribution in [0.15, 0.2) is 24.7 Å². The molecule has 2 aromatic rings. The highest BCUT2D eigenvalue weighted by molar-refractivity contribution is 5.47. The lowest BCUT2D eigenvalue weighted by Crippen LogP contribution is -2.40. The van der Waals surface area contributed by atoms with Gasteiger partial charge in [0.2, 0.25) is 11.8 Å². The Bertz CT molecular complexity index is 802. The molecule has 0 amide bonds. The summed E-state index contributed by atoms with van der Waals surface area (Å²) >= 11 is 0. The Kier molecular flexibility index (Phi) is 4.06. The Balaban J connectivity index is 1.55. The second-order valence-electron chi connectivity index (χ2n) is 6.30. The first-order chi connectivity index (χ1) is 12.3. The second kappa shape index (κ2) is 6.51. The fraction of sp³-hybridized carbons (Fsp3) is 0.471. The molecule has 1 unspecified atom stereocenters. The van der Waals surface area contributed by atoms with E-state index in [0.717, 1.165) is 25.3 Å². The van der Waals surface area contributed by atoms with Crippen LogP contribution in [0.25, 0.3) is 0 Å². The van der Waals surface area contributed by atoms with Gasteiger partial charge in [-0.05, 0) is 25.3 Å². The van der Waals surface area contributed by atoms with Crippen molar-refractivity contribution in [3.63, 3.8) is 0 Å². The van der Waals surface area contributed by atoms with Crippen LogP contribution in [0.3, 0.4) is 0 Å². The van der Waals surface area contributed by atoms with E-state index in [2.05, 4.69) is 35.8 Å². The molecule has 0 N–H and O–H groups in total. The van der Waals surface area contributed by atoms with Crippen molar-refractivity contribution in [1.82, 2.24) is 19.9 Å². The van der Waals surface area contributed by atoms with Crippen molar-refractivity contribution in [3.05, 3.63) is 30.4 Å². The topological polar surface area (TPSA) is 91.1 Å². The number of rotatable bonds is 5. The molecule has 0 bridgehead atoms. The molecular weight excluding hydrogens is 318 g/mol. The highest BCUT2D eigenvalue weighted by atomic mass is 16.5. The summed E-state index contributed by atoms with van der Waals surface area (Å²) in [6.45, 7) is 1.68. The fourth-order valence-electron chi connectivity index (χ4n) is 3.32. The largest absolute Gasteiger partial charge is 0.481 e. The standard InChI is InChI=1S/C17H19N7O/c1-25-16-8-15(20-11-21-16)24(13-2-3-13)14-5-7-23(10-14)17-19-6-4-12(9-18)22-17/h4,6,8,11,13-14H,2-3,5,7,10H2,1H3. The van der Waals surface area contributed by atoms with Crippen molar-refractivity contribution in [3.8, 4) is 11.9 Å². The molecule has 8 nitrogen and oxygen atoms in total. The zero-order valence-corrected chi connectivity index (χ0v) is 14.0. The van der Waals surface area contributed by atoms with Crippen molar-refractivity contribution in [1.29, 1.82) is 5.26 Å². The average Bonchev–Trinajstić information content (AvgIpc) is 3.38. The third-order valence-corrected chi connectivity index (χ3v) is 4.64. The highest BCUT2D eigenvalue weighted by Crippen LogP contribution is 2.36. The van der Waals surface area contributed by atoms with E-state index in [1.807, 2.05) is 6.07 Å². The molecular formula is C17H19N7O. The predicted octanol–water partition coefficient (Wildman–Crippen LogP) is 1.39. The molecule has 128 valence electrons. The maximum atomic E-state index is 9.03. The quantitative estimate of drug-likeness (QED) is 0.808. The molecule has 2 fully saturated rings. The minimum atomic E-state index is 0.335. The zero-order chi connectivity index (χ0) is 17.2. The van der Waals surface area contributed by atoms with Gasteiger partial charge in [-0.3, -0.25) is 0 Å². The van der Waals surface area contributed by atoms with E-state index in [1.165, 1.54) is 12.8 Å². The first-order valence-electron chi connectivity index (χ1n) is 8.41. The van der Waals surface area contributed by atoms with Crippen LogP contribution in [0.5, 0.6) is 5.88 Å². The van der Waals surface area contributed by atoms with Gasteiger partial charge < -0.3 is 14.5 Å². The van der Waals surface area contributed by atoms with Crippen molar-refractivity contribution < 1.29 is 4.74 Å². The Hall–Kier alpha value is -2.95. The number of hydrogen-bond acceptors (Lipinski definition) is 8. The average molecular weight is 337 g/mol. The summed E-state index contributed by atoms with van der Waals surface area (Å²) in [6.07, 6.45) is 6.56. The van der Waals surface area contributed by atoms with E-state index in [0.29, 0.717) is 29.6 Å². The molecule has 0 spiro atoms. The maximum Gasteiger partial charge on any atom is 0.226 e. The van der Waals surface area contributed by atoms with Crippen molar-refractivity contribution in [2.24, 2.45) is 0 Å².